The average Bonchev–Trinajstić information content (AvgIpc) is 2.52. The van der Waals surface area contributed by atoms with Crippen LogP contribution in [0.1, 0.15) is 43.0 Å². The van der Waals surface area contributed by atoms with Gasteiger partial charge in [-0.2, -0.15) is 0 Å². The molecule has 1 aliphatic rings. The van der Waals surface area contributed by atoms with Crippen molar-refractivity contribution in [2.45, 2.75) is 38.6 Å². The third-order valence-electron chi connectivity index (χ3n) is 4.63. The Bertz CT molecular complexity index is 868. The van der Waals surface area contributed by atoms with Gasteiger partial charge in [-0.05, 0) is 49.2 Å². The highest BCUT2D eigenvalue weighted by atomic mass is 32.1. The van der Waals surface area contributed by atoms with Gasteiger partial charge in [0, 0.05) is 18.7 Å². The van der Waals surface area contributed by atoms with E-state index >= 15 is 0 Å². The molecule has 1 fully saturated rings. The minimum Gasteiger partial charge on any atom is -0.349 e. The predicted octanol–water partition coefficient (Wildman–Crippen LogP) is 2.90. The number of benzene rings is 1. The van der Waals surface area contributed by atoms with Crippen LogP contribution in [0, 0.1) is 10.7 Å². The number of H-pyrrole nitrogens is 1. The maximum absolute atomic E-state index is 12.5. The van der Waals surface area contributed by atoms with Gasteiger partial charge in [-0.25, -0.2) is 0 Å². The fourth-order valence-corrected chi connectivity index (χ4v) is 3.47. The first-order chi connectivity index (χ1) is 11.0. The number of carbonyl (C=O) groups excluding carboxylic acids is 1. The maximum Gasteiger partial charge on any atom is 0.261 e. The van der Waals surface area contributed by atoms with Crippen molar-refractivity contribution in [2.24, 2.45) is 13.0 Å². The summed E-state index contributed by atoms with van der Waals surface area (Å²) in [6.45, 7) is 2.23. The second kappa shape index (κ2) is 6.28. The minimum atomic E-state index is -0.156. The standard InChI is InChI=1S/C17H21N3O2S/c1-10-4-3-5-12(8-10)18-15(21)11-6-7-13-14(9-11)19-17(23)20(2)16(13)22/h6-7,9-10,12H,3-5,8H2,1-2H3,(H,18,21)(H,19,23)/t10-,12-/m1/s1. The number of nitrogens with zero attached hydrogens (tertiary/aromatic N) is 1. The van der Waals surface area contributed by atoms with Crippen molar-refractivity contribution >= 4 is 29.0 Å². The van der Waals surface area contributed by atoms with E-state index in [9.17, 15) is 9.59 Å². The summed E-state index contributed by atoms with van der Waals surface area (Å²) in [6.07, 6.45) is 4.46. The van der Waals surface area contributed by atoms with Gasteiger partial charge in [-0.1, -0.05) is 19.8 Å². The molecule has 1 heterocycles. The van der Waals surface area contributed by atoms with Crippen LogP contribution in [0.5, 0.6) is 0 Å². The average molecular weight is 331 g/mol. The van der Waals surface area contributed by atoms with E-state index in [2.05, 4.69) is 17.2 Å². The van der Waals surface area contributed by atoms with Gasteiger partial charge in [0.25, 0.3) is 11.5 Å². The summed E-state index contributed by atoms with van der Waals surface area (Å²) in [7, 11) is 1.63. The molecule has 2 N–H and O–H groups in total. The number of hydrogen-bond acceptors (Lipinski definition) is 3. The highest BCUT2D eigenvalue weighted by molar-refractivity contribution is 7.71. The Morgan fingerprint density at radius 1 is 1.39 bits per heavy atom. The largest absolute Gasteiger partial charge is 0.349 e. The highest BCUT2D eigenvalue weighted by Crippen LogP contribution is 2.23. The lowest BCUT2D eigenvalue weighted by atomic mass is 9.87. The molecule has 2 aromatic rings. The first-order valence-corrected chi connectivity index (χ1v) is 8.40. The SMILES string of the molecule is C[C@@H]1CCC[C@@H](NC(=O)c2ccc3c(=O)n(C)c(=S)[nH]c3c2)C1. The van der Waals surface area contributed by atoms with Crippen LogP contribution in [-0.4, -0.2) is 21.5 Å². The number of hydrogen-bond donors (Lipinski definition) is 2. The lowest BCUT2D eigenvalue weighted by molar-refractivity contribution is 0.0921. The van der Waals surface area contributed by atoms with E-state index in [1.165, 1.54) is 11.0 Å². The smallest absolute Gasteiger partial charge is 0.261 e. The Balaban J connectivity index is 1.88. The van der Waals surface area contributed by atoms with Gasteiger partial charge in [-0.3, -0.25) is 14.2 Å². The van der Waals surface area contributed by atoms with Crippen LogP contribution in [-0.2, 0) is 7.05 Å². The molecule has 0 bridgehead atoms. The molecule has 1 saturated carbocycles. The highest BCUT2D eigenvalue weighted by Gasteiger charge is 2.21. The van der Waals surface area contributed by atoms with E-state index in [4.69, 9.17) is 12.2 Å². The summed E-state index contributed by atoms with van der Waals surface area (Å²) >= 11 is 5.13. The van der Waals surface area contributed by atoms with Crippen molar-refractivity contribution < 1.29 is 4.79 Å². The quantitative estimate of drug-likeness (QED) is 0.832. The molecule has 6 heteroatoms. The number of aromatic nitrogens is 2. The normalized spacial score (nSPS) is 21.3. The minimum absolute atomic E-state index is 0.0917. The molecule has 1 amide bonds. The van der Waals surface area contributed by atoms with Crippen LogP contribution in [0.25, 0.3) is 10.9 Å². The monoisotopic (exact) mass is 331 g/mol. The van der Waals surface area contributed by atoms with E-state index in [0.29, 0.717) is 27.2 Å². The van der Waals surface area contributed by atoms with Crippen molar-refractivity contribution in [1.29, 1.82) is 0 Å². The van der Waals surface area contributed by atoms with E-state index < -0.39 is 0 Å². The van der Waals surface area contributed by atoms with Crippen LogP contribution in [0.2, 0.25) is 0 Å². The fourth-order valence-electron chi connectivity index (χ4n) is 3.28. The molecule has 0 radical (unpaired) electrons. The van der Waals surface area contributed by atoms with Gasteiger partial charge in [0.1, 0.15) is 0 Å². The molecule has 3 rings (SSSR count). The molecule has 1 aromatic carbocycles. The van der Waals surface area contributed by atoms with Crippen molar-refractivity contribution in [3.63, 3.8) is 0 Å². The van der Waals surface area contributed by atoms with Gasteiger partial charge < -0.3 is 10.3 Å². The third kappa shape index (κ3) is 3.22. The first kappa shape index (κ1) is 15.9. The lowest BCUT2D eigenvalue weighted by Gasteiger charge is -2.27. The summed E-state index contributed by atoms with van der Waals surface area (Å²) in [5.41, 5.74) is 0.995. The number of carbonyl (C=O) groups is 1. The van der Waals surface area contributed by atoms with E-state index in [1.807, 2.05) is 0 Å². The number of nitrogens with one attached hydrogen (secondary N) is 2. The van der Waals surface area contributed by atoms with Gasteiger partial charge in [-0.15, -0.1) is 0 Å². The Labute approximate surface area is 139 Å². The summed E-state index contributed by atoms with van der Waals surface area (Å²) < 4.78 is 1.74. The number of fused-ring (bicyclic) bond motifs is 1. The molecule has 0 saturated heterocycles. The van der Waals surface area contributed by atoms with Crippen LogP contribution < -0.4 is 10.9 Å². The zero-order chi connectivity index (χ0) is 16.6. The number of aromatic amines is 1. The Hall–Kier alpha value is -1.95. The molecule has 122 valence electrons. The summed E-state index contributed by atoms with van der Waals surface area (Å²) in [4.78, 5) is 27.6. The second-order valence-corrected chi connectivity index (χ2v) is 6.88. The van der Waals surface area contributed by atoms with Crippen LogP contribution >= 0.6 is 12.2 Å². The number of rotatable bonds is 2. The van der Waals surface area contributed by atoms with Crippen molar-refractivity contribution in [3.8, 4) is 0 Å². The van der Waals surface area contributed by atoms with Crippen molar-refractivity contribution in [2.75, 3.05) is 0 Å². The van der Waals surface area contributed by atoms with Crippen molar-refractivity contribution in [1.82, 2.24) is 14.9 Å². The third-order valence-corrected chi connectivity index (χ3v) is 5.01. The molecule has 1 aromatic heterocycles. The van der Waals surface area contributed by atoms with E-state index in [-0.39, 0.29) is 17.5 Å². The van der Waals surface area contributed by atoms with E-state index in [1.54, 1.807) is 25.2 Å². The molecular formula is C17H21N3O2S. The van der Waals surface area contributed by atoms with Crippen LogP contribution in [0.15, 0.2) is 23.0 Å². The molecule has 5 nitrogen and oxygen atoms in total. The Morgan fingerprint density at radius 2 is 2.17 bits per heavy atom. The molecule has 0 aliphatic heterocycles. The second-order valence-electron chi connectivity index (χ2n) is 6.50. The fraction of sp³-hybridized carbons (Fsp3) is 0.471. The summed E-state index contributed by atoms with van der Waals surface area (Å²) in [6, 6.07) is 5.32. The van der Waals surface area contributed by atoms with Crippen LogP contribution in [0.3, 0.4) is 0 Å². The molecule has 23 heavy (non-hydrogen) atoms. The van der Waals surface area contributed by atoms with Gasteiger partial charge >= 0.3 is 0 Å². The van der Waals surface area contributed by atoms with Crippen molar-refractivity contribution in [3.05, 3.63) is 38.9 Å². The van der Waals surface area contributed by atoms with Crippen LogP contribution in [0.4, 0.5) is 0 Å². The molecule has 0 spiro atoms. The maximum atomic E-state index is 12.5. The predicted molar refractivity (Wildman–Crippen MR) is 93.3 cm³/mol. The van der Waals surface area contributed by atoms with Gasteiger partial charge in [0.05, 0.1) is 10.9 Å². The zero-order valence-electron chi connectivity index (χ0n) is 13.4. The summed E-state index contributed by atoms with van der Waals surface area (Å²) in [5, 5.41) is 3.64. The first-order valence-electron chi connectivity index (χ1n) is 7.99. The molecule has 0 unspecified atom stereocenters. The van der Waals surface area contributed by atoms with E-state index in [0.717, 1.165) is 19.3 Å². The van der Waals surface area contributed by atoms with Gasteiger partial charge in [0.2, 0.25) is 0 Å². The Morgan fingerprint density at radius 3 is 2.91 bits per heavy atom. The molecular weight excluding hydrogens is 310 g/mol. The summed E-state index contributed by atoms with van der Waals surface area (Å²) in [5.74, 6) is 0.566. The zero-order valence-corrected chi connectivity index (χ0v) is 14.2. The molecule has 1 aliphatic carbocycles. The number of amides is 1. The molecule has 2 atom stereocenters. The Kier molecular flexibility index (Phi) is 4.35. The van der Waals surface area contributed by atoms with Gasteiger partial charge in [0.15, 0.2) is 4.77 Å². The lowest BCUT2D eigenvalue weighted by Crippen LogP contribution is -2.38. The topological polar surface area (TPSA) is 66.9 Å².